The maximum Gasteiger partial charge on any atom is 0.339 e. The van der Waals surface area contributed by atoms with Crippen LogP contribution in [0, 0.1) is 11.3 Å². The van der Waals surface area contributed by atoms with Crippen molar-refractivity contribution in [3.63, 3.8) is 0 Å². The normalized spacial score (nSPS) is 10.7. The number of carbonyl (C=O) groups is 2. The third kappa shape index (κ3) is 5.74. The number of carboxylic acids is 1. The Hall–Kier alpha value is -4.57. The summed E-state index contributed by atoms with van der Waals surface area (Å²) in [4.78, 5) is 24.2. The number of benzene rings is 3. The SMILES string of the molecule is COc1ccc(NC(=O)/C(C#N)=C\c2ccc(OCc3ccccc3)c(C(=O)O)c2)cc1. The lowest BCUT2D eigenvalue weighted by Crippen LogP contribution is -2.13. The molecule has 1 amide bonds. The number of ether oxygens (including phenoxy) is 2. The molecule has 3 rings (SSSR count). The van der Waals surface area contributed by atoms with Gasteiger partial charge in [0.05, 0.1) is 7.11 Å². The first-order valence-electron chi connectivity index (χ1n) is 9.61. The molecule has 0 aromatic heterocycles. The molecule has 160 valence electrons. The van der Waals surface area contributed by atoms with Gasteiger partial charge in [0, 0.05) is 5.69 Å². The summed E-state index contributed by atoms with van der Waals surface area (Å²) in [6, 6.07) is 22.3. The number of nitrogens with zero attached hydrogens (tertiary/aromatic N) is 1. The lowest BCUT2D eigenvalue weighted by atomic mass is 10.1. The van der Waals surface area contributed by atoms with E-state index in [1.54, 1.807) is 30.3 Å². The fraction of sp³-hybridized carbons (Fsp3) is 0.0800. The van der Waals surface area contributed by atoms with Gasteiger partial charge in [-0.3, -0.25) is 4.79 Å². The van der Waals surface area contributed by atoms with Gasteiger partial charge in [0.1, 0.15) is 35.3 Å². The minimum Gasteiger partial charge on any atom is -0.497 e. The Bertz CT molecular complexity index is 1180. The third-order valence-corrected chi connectivity index (χ3v) is 4.50. The largest absolute Gasteiger partial charge is 0.497 e. The van der Waals surface area contributed by atoms with Gasteiger partial charge in [-0.25, -0.2) is 4.79 Å². The lowest BCUT2D eigenvalue weighted by molar-refractivity contribution is -0.112. The Kier molecular flexibility index (Phi) is 7.23. The molecule has 0 unspecified atom stereocenters. The Labute approximate surface area is 185 Å². The number of anilines is 1. The van der Waals surface area contributed by atoms with Gasteiger partial charge in [-0.05, 0) is 53.6 Å². The lowest BCUT2D eigenvalue weighted by Gasteiger charge is -2.10. The van der Waals surface area contributed by atoms with Gasteiger partial charge >= 0.3 is 5.97 Å². The number of amides is 1. The molecule has 0 aliphatic heterocycles. The Morgan fingerprint density at radius 2 is 1.78 bits per heavy atom. The van der Waals surface area contributed by atoms with Crippen molar-refractivity contribution in [2.45, 2.75) is 6.61 Å². The van der Waals surface area contributed by atoms with E-state index in [-0.39, 0.29) is 23.5 Å². The highest BCUT2D eigenvalue weighted by molar-refractivity contribution is 6.09. The second kappa shape index (κ2) is 10.5. The van der Waals surface area contributed by atoms with Gasteiger partial charge in [-0.1, -0.05) is 36.4 Å². The summed E-state index contributed by atoms with van der Waals surface area (Å²) in [6.07, 6.45) is 1.33. The number of nitriles is 1. The fourth-order valence-corrected chi connectivity index (χ4v) is 2.85. The molecule has 0 heterocycles. The molecular weight excluding hydrogens is 408 g/mol. The summed E-state index contributed by atoms with van der Waals surface area (Å²) in [5.41, 5.74) is 1.54. The molecule has 7 heteroatoms. The van der Waals surface area contributed by atoms with E-state index in [9.17, 15) is 20.0 Å². The van der Waals surface area contributed by atoms with Crippen LogP contribution in [0.1, 0.15) is 21.5 Å². The zero-order valence-corrected chi connectivity index (χ0v) is 17.2. The second-order valence-corrected chi connectivity index (χ2v) is 6.69. The van der Waals surface area contributed by atoms with Crippen molar-refractivity contribution in [3.05, 3.63) is 95.1 Å². The van der Waals surface area contributed by atoms with Crippen molar-refractivity contribution >= 4 is 23.6 Å². The monoisotopic (exact) mass is 428 g/mol. The maximum absolute atomic E-state index is 12.5. The molecule has 3 aromatic rings. The summed E-state index contributed by atoms with van der Waals surface area (Å²) in [5, 5.41) is 21.6. The van der Waals surface area contributed by atoms with Gasteiger partial charge in [-0.2, -0.15) is 5.26 Å². The molecule has 0 fully saturated rings. The molecule has 0 bridgehead atoms. The number of nitrogens with one attached hydrogen (secondary N) is 1. The number of carbonyl (C=O) groups excluding carboxylic acids is 1. The number of methoxy groups -OCH3 is 1. The summed E-state index contributed by atoms with van der Waals surface area (Å²) >= 11 is 0. The highest BCUT2D eigenvalue weighted by Crippen LogP contribution is 2.23. The van der Waals surface area contributed by atoms with Crippen molar-refractivity contribution in [1.29, 1.82) is 5.26 Å². The van der Waals surface area contributed by atoms with Crippen LogP contribution in [0.3, 0.4) is 0 Å². The molecule has 2 N–H and O–H groups in total. The van der Waals surface area contributed by atoms with E-state index >= 15 is 0 Å². The molecule has 0 aliphatic carbocycles. The van der Waals surface area contributed by atoms with Crippen molar-refractivity contribution in [3.8, 4) is 17.6 Å². The highest BCUT2D eigenvalue weighted by atomic mass is 16.5. The van der Waals surface area contributed by atoms with Crippen LogP contribution in [0.4, 0.5) is 5.69 Å². The van der Waals surface area contributed by atoms with Gasteiger partial charge in [-0.15, -0.1) is 0 Å². The number of hydrogen-bond acceptors (Lipinski definition) is 5. The molecule has 32 heavy (non-hydrogen) atoms. The third-order valence-electron chi connectivity index (χ3n) is 4.50. The quantitative estimate of drug-likeness (QED) is 0.403. The standard InChI is InChI=1S/C25H20N2O5/c1-31-21-10-8-20(9-11-21)27-24(28)19(15-26)13-18-7-12-23(22(14-18)25(29)30)32-16-17-5-3-2-4-6-17/h2-14H,16H2,1H3,(H,27,28)(H,29,30)/b19-13-. The number of carboxylic acid groups (broad SMARTS) is 1. The highest BCUT2D eigenvalue weighted by Gasteiger charge is 2.14. The second-order valence-electron chi connectivity index (χ2n) is 6.69. The smallest absolute Gasteiger partial charge is 0.339 e. The topological polar surface area (TPSA) is 109 Å². The van der Waals surface area contributed by atoms with Crippen LogP contribution in [0.2, 0.25) is 0 Å². The van der Waals surface area contributed by atoms with Crippen molar-refractivity contribution in [1.82, 2.24) is 0 Å². The van der Waals surface area contributed by atoms with E-state index in [0.717, 1.165) is 5.56 Å². The predicted octanol–water partition coefficient (Wildman–Crippen LogP) is 4.52. The van der Waals surface area contributed by atoms with E-state index in [0.29, 0.717) is 17.0 Å². The van der Waals surface area contributed by atoms with Gasteiger partial charge in [0.25, 0.3) is 5.91 Å². The first-order chi connectivity index (χ1) is 15.5. The Morgan fingerprint density at radius 3 is 2.41 bits per heavy atom. The van der Waals surface area contributed by atoms with Crippen LogP contribution >= 0.6 is 0 Å². The minimum atomic E-state index is -1.18. The van der Waals surface area contributed by atoms with E-state index < -0.39 is 11.9 Å². The Morgan fingerprint density at radius 1 is 1.06 bits per heavy atom. The number of aromatic carboxylic acids is 1. The minimum absolute atomic E-state index is 0.0671. The van der Waals surface area contributed by atoms with Crippen molar-refractivity contribution in [2.24, 2.45) is 0 Å². The van der Waals surface area contributed by atoms with Gasteiger partial charge < -0.3 is 19.9 Å². The molecule has 0 saturated heterocycles. The molecule has 0 aliphatic rings. The molecule has 0 radical (unpaired) electrons. The predicted molar refractivity (Wildman–Crippen MR) is 119 cm³/mol. The number of rotatable bonds is 8. The van der Waals surface area contributed by atoms with Crippen LogP contribution in [0.25, 0.3) is 6.08 Å². The first kappa shape index (κ1) is 22.1. The van der Waals surface area contributed by atoms with Crippen LogP contribution < -0.4 is 14.8 Å². The van der Waals surface area contributed by atoms with Crippen LogP contribution in [-0.2, 0) is 11.4 Å². The van der Waals surface area contributed by atoms with E-state index in [1.165, 1.54) is 25.3 Å². The molecular formula is C25H20N2O5. The molecule has 0 atom stereocenters. The van der Waals surface area contributed by atoms with Crippen molar-refractivity contribution in [2.75, 3.05) is 12.4 Å². The van der Waals surface area contributed by atoms with E-state index in [1.807, 2.05) is 36.4 Å². The summed E-state index contributed by atoms with van der Waals surface area (Å²) in [5.74, 6) is -0.960. The average molecular weight is 428 g/mol. The molecule has 3 aromatic carbocycles. The zero-order chi connectivity index (χ0) is 22.9. The number of hydrogen-bond donors (Lipinski definition) is 2. The average Bonchev–Trinajstić information content (AvgIpc) is 2.82. The van der Waals surface area contributed by atoms with E-state index in [2.05, 4.69) is 5.32 Å². The summed E-state index contributed by atoms with van der Waals surface area (Å²) in [7, 11) is 1.54. The maximum atomic E-state index is 12.5. The van der Waals surface area contributed by atoms with Gasteiger partial charge in [0.15, 0.2) is 0 Å². The van der Waals surface area contributed by atoms with Crippen LogP contribution in [0.15, 0.2) is 78.4 Å². The fourth-order valence-electron chi connectivity index (χ4n) is 2.85. The molecule has 7 nitrogen and oxygen atoms in total. The summed E-state index contributed by atoms with van der Waals surface area (Å²) < 4.78 is 10.7. The van der Waals surface area contributed by atoms with Crippen LogP contribution in [-0.4, -0.2) is 24.1 Å². The molecule has 0 spiro atoms. The summed E-state index contributed by atoms with van der Waals surface area (Å²) in [6.45, 7) is 0.212. The van der Waals surface area contributed by atoms with Gasteiger partial charge in [0.2, 0.25) is 0 Å². The van der Waals surface area contributed by atoms with Crippen molar-refractivity contribution < 1.29 is 24.2 Å². The zero-order valence-electron chi connectivity index (χ0n) is 17.2. The molecule has 0 saturated carbocycles. The van der Waals surface area contributed by atoms with Crippen LogP contribution in [0.5, 0.6) is 11.5 Å². The van der Waals surface area contributed by atoms with E-state index in [4.69, 9.17) is 9.47 Å². The Balaban J connectivity index is 1.78. The first-order valence-corrected chi connectivity index (χ1v) is 9.61.